The minimum atomic E-state index is 0.269. The van der Waals surface area contributed by atoms with Gasteiger partial charge in [0.1, 0.15) is 12.4 Å². The molecule has 0 saturated heterocycles. The molecule has 0 amide bonds. The molecule has 5 nitrogen and oxygen atoms in total. The van der Waals surface area contributed by atoms with Crippen LogP contribution in [0.1, 0.15) is 35.7 Å². The molecule has 0 radical (unpaired) electrons. The maximum Gasteiger partial charge on any atom is 0.274 e. The molecule has 2 aromatic carbocycles. The quantitative estimate of drug-likeness (QED) is 0.553. The number of aromatic nitrogens is 2. The minimum Gasteiger partial charge on any atom is -0.487 e. The van der Waals surface area contributed by atoms with Gasteiger partial charge in [0, 0.05) is 5.39 Å². The van der Waals surface area contributed by atoms with E-state index in [4.69, 9.17) is 9.26 Å². The first-order valence-corrected chi connectivity index (χ1v) is 9.71. The van der Waals surface area contributed by atoms with Gasteiger partial charge in [-0.3, -0.25) is 0 Å². The standard InChI is InChI=1S/C23H19N3O2/c1-2-6-20-15(4-1)8-9-17(25-20)14-27-18-10-11-19-16(12-18)5-3-7-21(19)26-22-13-24-23(22)28-26/h1-2,4,6,8-13,21H,3,5,7,14H2. The van der Waals surface area contributed by atoms with Crippen molar-refractivity contribution in [3.8, 4) is 5.75 Å². The van der Waals surface area contributed by atoms with E-state index in [0.29, 0.717) is 6.61 Å². The van der Waals surface area contributed by atoms with Gasteiger partial charge in [-0.25, -0.2) is 9.98 Å². The molecular formula is C23H19N3O2. The smallest absolute Gasteiger partial charge is 0.274 e. The van der Waals surface area contributed by atoms with Crippen molar-refractivity contribution in [1.29, 1.82) is 0 Å². The summed E-state index contributed by atoms with van der Waals surface area (Å²) in [6, 6.07) is 18.9. The zero-order valence-corrected chi connectivity index (χ0v) is 15.3. The van der Waals surface area contributed by atoms with Crippen LogP contribution in [0.2, 0.25) is 0 Å². The normalized spacial score (nSPS) is 17.2. The van der Waals surface area contributed by atoms with Crippen molar-refractivity contribution in [2.75, 3.05) is 0 Å². The van der Waals surface area contributed by atoms with E-state index in [1.807, 2.05) is 35.2 Å². The van der Waals surface area contributed by atoms with Crippen LogP contribution in [0.3, 0.4) is 0 Å². The van der Waals surface area contributed by atoms with E-state index in [0.717, 1.165) is 52.5 Å². The molecule has 0 bridgehead atoms. The third kappa shape index (κ3) is 2.47. The number of benzene rings is 2. The molecule has 1 atom stereocenters. The highest BCUT2D eigenvalue weighted by Gasteiger charge is 2.27. The highest BCUT2D eigenvalue weighted by atomic mass is 16.5. The van der Waals surface area contributed by atoms with Crippen LogP contribution in [-0.4, -0.2) is 9.72 Å². The SMILES string of the molecule is C1=c2c(on2C2CCCc3cc(OCc4ccc5ccccc5n4)ccc32)=N1. The Morgan fingerprint density at radius 1 is 1.11 bits per heavy atom. The Hall–Kier alpha value is -3.34. The van der Waals surface area contributed by atoms with Crippen LogP contribution in [0.15, 0.2) is 64.1 Å². The first-order chi connectivity index (χ1) is 13.8. The Morgan fingerprint density at radius 2 is 2.07 bits per heavy atom. The first-order valence-electron chi connectivity index (χ1n) is 9.71. The monoisotopic (exact) mass is 369 g/mol. The third-order valence-corrected chi connectivity index (χ3v) is 5.67. The Morgan fingerprint density at radius 3 is 2.93 bits per heavy atom. The van der Waals surface area contributed by atoms with Crippen LogP contribution < -0.4 is 15.6 Å². The summed E-state index contributed by atoms with van der Waals surface area (Å²) in [6.07, 6.45) is 5.19. The zero-order valence-electron chi connectivity index (χ0n) is 15.3. The van der Waals surface area contributed by atoms with Gasteiger partial charge < -0.3 is 9.26 Å². The van der Waals surface area contributed by atoms with Gasteiger partial charge in [-0.05, 0) is 54.7 Å². The van der Waals surface area contributed by atoms with Gasteiger partial charge in [0.2, 0.25) is 0 Å². The lowest BCUT2D eigenvalue weighted by Gasteiger charge is -2.29. The van der Waals surface area contributed by atoms with Crippen LogP contribution in [0.5, 0.6) is 5.75 Å². The number of rotatable bonds is 4. The third-order valence-electron chi connectivity index (χ3n) is 5.67. The van der Waals surface area contributed by atoms with Crippen molar-refractivity contribution in [1.82, 2.24) is 9.72 Å². The summed E-state index contributed by atoms with van der Waals surface area (Å²) in [5, 5.41) is 2.27. The maximum absolute atomic E-state index is 6.05. The molecule has 0 N–H and O–H groups in total. The number of ether oxygens (including phenoxy) is 1. The predicted octanol–water partition coefficient (Wildman–Crippen LogP) is 3.51. The Labute approximate surface area is 161 Å². The molecule has 1 unspecified atom stereocenters. The van der Waals surface area contributed by atoms with Crippen LogP contribution in [0.4, 0.5) is 0 Å². The van der Waals surface area contributed by atoms with Crippen molar-refractivity contribution in [2.45, 2.75) is 31.9 Å². The largest absolute Gasteiger partial charge is 0.487 e. The van der Waals surface area contributed by atoms with Gasteiger partial charge in [0.15, 0.2) is 5.35 Å². The lowest BCUT2D eigenvalue weighted by Crippen LogP contribution is -2.49. The van der Waals surface area contributed by atoms with E-state index in [9.17, 15) is 0 Å². The fourth-order valence-electron chi connectivity index (χ4n) is 4.18. The molecule has 3 heterocycles. The zero-order chi connectivity index (χ0) is 18.5. The fraction of sp³-hybridized carbons (Fsp3) is 0.217. The molecule has 2 aromatic heterocycles. The maximum atomic E-state index is 6.05. The Kier molecular flexibility index (Phi) is 3.41. The summed E-state index contributed by atoms with van der Waals surface area (Å²) in [6.45, 7) is 0.467. The van der Waals surface area contributed by atoms with E-state index in [1.165, 1.54) is 11.1 Å². The minimum absolute atomic E-state index is 0.269. The molecule has 28 heavy (non-hydrogen) atoms. The molecule has 1 aliphatic heterocycles. The second-order valence-corrected chi connectivity index (χ2v) is 7.42. The molecule has 6 rings (SSSR count). The van der Waals surface area contributed by atoms with Crippen molar-refractivity contribution in [3.05, 3.63) is 82.3 Å². The molecule has 0 saturated carbocycles. The second kappa shape index (κ2) is 6.09. The molecule has 0 fully saturated rings. The topological polar surface area (TPSA) is 52.5 Å². The van der Waals surface area contributed by atoms with Crippen molar-refractivity contribution >= 4 is 17.1 Å². The number of pyridine rings is 1. The molecule has 1 aliphatic carbocycles. The van der Waals surface area contributed by atoms with Crippen LogP contribution in [0, 0.1) is 0 Å². The van der Waals surface area contributed by atoms with E-state index in [2.05, 4.69) is 40.3 Å². The van der Waals surface area contributed by atoms with Crippen molar-refractivity contribution in [2.24, 2.45) is 4.99 Å². The van der Waals surface area contributed by atoms with Crippen molar-refractivity contribution < 1.29 is 9.26 Å². The van der Waals surface area contributed by atoms with E-state index < -0.39 is 0 Å². The second-order valence-electron chi connectivity index (χ2n) is 7.42. The predicted molar refractivity (Wildman–Crippen MR) is 106 cm³/mol. The van der Waals surface area contributed by atoms with Crippen LogP contribution in [-0.2, 0) is 13.0 Å². The summed E-state index contributed by atoms with van der Waals surface area (Å²) < 4.78 is 13.7. The summed E-state index contributed by atoms with van der Waals surface area (Å²) in [5.74, 6) is 0.893. The highest BCUT2D eigenvalue weighted by Crippen LogP contribution is 2.34. The van der Waals surface area contributed by atoms with Crippen molar-refractivity contribution in [3.63, 3.8) is 0 Å². The number of aryl methyl sites for hydroxylation is 1. The first kappa shape index (κ1) is 15.7. The van der Waals surface area contributed by atoms with E-state index in [-0.39, 0.29) is 6.04 Å². The average molecular weight is 369 g/mol. The summed E-state index contributed by atoms with van der Waals surface area (Å²) in [7, 11) is 0. The van der Waals surface area contributed by atoms with Gasteiger partial charge in [0.25, 0.3) is 5.55 Å². The number of nitrogens with zero attached hydrogens (tertiary/aromatic N) is 3. The Balaban J connectivity index is 1.23. The highest BCUT2D eigenvalue weighted by molar-refractivity contribution is 5.78. The molecular weight excluding hydrogens is 350 g/mol. The molecule has 138 valence electrons. The van der Waals surface area contributed by atoms with E-state index >= 15 is 0 Å². The van der Waals surface area contributed by atoms with Gasteiger partial charge in [-0.1, -0.05) is 30.3 Å². The number of para-hydroxylation sites is 1. The van der Waals surface area contributed by atoms with Gasteiger partial charge >= 0.3 is 0 Å². The number of fused-ring (bicyclic) bond motifs is 3. The van der Waals surface area contributed by atoms with Gasteiger partial charge in [-0.2, -0.15) is 4.74 Å². The fourth-order valence-corrected chi connectivity index (χ4v) is 4.18. The lowest BCUT2D eigenvalue weighted by atomic mass is 9.87. The Bertz CT molecular complexity index is 1320. The lowest BCUT2D eigenvalue weighted by molar-refractivity contribution is 0.127. The molecule has 0 spiro atoms. The number of hydrogen-bond acceptors (Lipinski definition) is 4. The molecule has 4 aromatic rings. The molecule has 2 aliphatic rings. The van der Waals surface area contributed by atoms with Gasteiger partial charge in [0.05, 0.1) is 23.5 Å². The average Bonchev–Trinajstić information content (AvgIpc) is 2.73. The summed E-state index contributed by atoms with van der Waals surface area (Å²) >= 11 is 0. The van der Waals surface area contributed by atoms with E-state index in [1.54, 1.807) is 0 Å². The van der Waals surface area contributed by atoms with Crippen LogP contribution in [0.25, 0.3) is 17.1 Å². The summed E-state index contributed by atoms with van der Waals surface area (Å²) in [4.78, 5) is 8.78. The van der Waals surface area contributed by atoms with Crippen LogP contribution >= 0.6 is 0 Å². The number of hydrogen-bond donors (Lipinski definition) is 0. The van der Waals surface area contributed by atoms with Gasteiger partial charge in [-0.15, -0.1) is 0 Å². The molecule has 5 heteroatoms. The summed E-state index contributed by atoms with van der Waals surface area (Å²) in [5.41, 5.74) is 5.38.